The molecule has 3 heterocycles. The van der Waals surface area contributed by atoms with Crippen molar-refractivity contribution in [2.45, 2.75) is 32.1 Å². The van der Waals surface area contributed by atoms with Crippen molar-refractivity contribution in [2.24, 2.45) is 0 Å². The SMILES string of the molecule is CC(CNC(=O)c1cnc(-c2ccncn2)[nH]c1=O)N1CCc2ccccc2C1.O=C(O)C(F)(F)F. The molecule has 3 aromatic rings. The third-order valence-corrected chi connectivity index (χ3v) is 5.45. The van der Waals surface area contributed by atoms with Gasteiger partial charge in [0.05, 0.1) is 0 Å². The van der Waals surface area contributed by atoms with Crippen LogP contribution >= 0.6 is 0 Å². The molecule has 36 heavy (non-hydrogen) atoms. The Kier molecular flexibility index (Phi) is 8.48. The van der Waals surface area contributed by atoms with E-state index in [9.17, 15) is 22.8 Å². The van der Waals surface area contributed by atoms with Gasteiger partial charge in [0.1, 0.15) is 17.6 Å². The standard InChI is InChI=1S/C21H22N6O2.C2HF3O2/c1-14(27-9-7-15-4-2-3-5-16(15)12-27)10-24-20(28)17-11-23-19(26-21(17)29)18-6-8-22-13-25-18;3-2(4,5)1(6)7/h2-6,8,11,13-14H,7,9-10,12H2,1H3,(H,24,28)(H,23,26,29);(H,6,7). The van der Waals surface area contributed by atoms with Gasteiger partial charge < -0.3 is 15.4 Å². The first-order chi connectivity index (χ1) is 17.1. The number of carbonyl (C=O) groups excluding carboxylic acids is 1. The largest absolute Gasteiger partial charge is 0.490 e. The van der Waals surface area contributed by atoms with Crippen LogP contribution in [0.25, 0.3) is 11.5 Å². The van der Waals surface area contributed by atoms with E-state index in [1.54, 1.807) is 12.3 Å². The molecule has 1 aliphatic rings. The van der Waals surface area contributed by atoms with Crippen LogP contribution in [-0.4, -0.2) is 67.1 Å². The molecule has 0 bridgehead atoms. The smallest absolute Gasteiger partial charge is 0.475 e. The molecule has 1 aromatic carbocycles. The highest BCUT2D eigenvalue weighted by atomic mass is 19.4. The first kappa shape index (κ1) is 26.5. The van der Waals surface area contributed by atoms with Crippen molar-refractivity contribution in [1.29, 1.82) is 0 Å². The third-order valence-electron chi connectivity index (χ3n) is 5.45. The zero-order valence-corrected chi connectivity index (χ0v) is 19.1. The lowest BCUT2D eigenvalue weighted by Gasteiger charge is -2.33. The van der Waals surface area contributed by atoms with Gasteiger partial charge in [-0.2, -0.15) is 13.2 Å². The number of H-pyrrole nitrogens is 1. The van der Waals surface area contributed by atoms with Crippen molar-refractivity contribution in [2.75, 3.05) is 13.1 Å². The summed E-state index contributed by atoms with van der Waals surface area (Å²) in [6.45, 7) is 4.34. The Morgan fingerprint density at radius 1 is 1.19 bits per heavy atom. The second-order valence-corrected chi connectivity index (χ2v) is 7.92. The van der Waals surface area contributed by atoms with Crippen LogP contribution in [0.2, 0.25) is 0 Å². The van der Waals surface area contributed by atoms with Gasteiger partial charge in [0.15, 0.2) is 5.82 Å². The number of aliphatic carboxylic acids is 1. The van der Waals surface area contributed by atoms with E-state index in [4.69, 9.17) is 9.90 Å². The molecule has 13 heteroatoms. The van der Waals surface area contributed by atoms with Crippen molar-refractivity contribution < 1.29 is 27.9 Å². The van der Waals surface area contributed by atoms with E-state index in [-0.39, 0.29) is 11.6 Å². The van der Waals surface area contributed by atoms with Gasteiger partial charge in [-0.05, 0) is 30.5 Å². The Morgan fingerprint density at radius 3 is 2.50 bits per heavy atom. The molecule has 1 aliphatic heterocycles. The van der Waals surface area contributed by atoms with Gasteiger partial charge in [-0.25, -0.2) is 19.7 Å². The topological polar surface area (TPSA) is 141 Å². The minimum absolute atomic E-state index is 0.0148. The number of fused-ring (bicyclic) bond motifs is 1. The highest BCUT2D eigenvalue weighted by Crippen LogP contribution is 2.20. The summed E-state index contributed by atoms with van der Waals surface area (Å²) in [5.74, 6) is -2.89. The third kappa shape index (κ3) is 6.95. The summed E-state index contributed by atoms with van der Waals surface area (Å²) in [7, 11) is 0. The number of carboxylic acids is 1. The van der Waals surface area contributed by atoms with Crippen LogP contribution in [0.1, 0.15) is 28.4 Å². The molecular formula is C23H23F3N6O4. The van der Waals surface area contributed by atoms with E-state index in [0.717, 1.165) is 19.5 Å². The number of aromatic nitrogens is 4. The molecule has 0 fully saturated rings. The number of rotatable bonds is 5. The molecule has 0 aliphatic carbocycles. The predicted octanol–water partition coefficient (Wildman–Crippen LogP) is 2.04. The van der Waals surface area contributed by atoms with E-state index in [1.807, 2.05) is 0 Å². The molecule has 1 unspecified atom stereocenters. The Morgan fingerprint density at radius 2 is 1.89 bits per heavy atom. The zero-order chi connectivity index (χ0) is 26.3. The molecule has 0 radical (unpaired) electrons. The Hall–Kier alpha value is -4.13. The molecule has 0 saturated carbocycles. The second kappa shape index (κ2) is 11.5. The maximum absolute atomic E-state index is 12.5. The van der Waals surface area contributed by atoms with Crippen molar-refractivity contribution >= 4 is 11.9 Å². The van der Waals surface area contributed by atoms with Gasteiger partial charge in [-0.1, -0.05) is 24.3 Å². The first-order valence-corrected chi connectivity index (χ1v) is 10.8. The number of nitrogens with zero attached hydrogens (tertiary/aromatic N) is 4. The maximum atomic E-state index is 12.5. The van der Waals surface area contributed by atoms with Crippen molar-refractivity contribution in [3.05, 3.63) is 76.1 Å². The van der Waals surface area contributed by atoms with Crippen LogP contribution in [-0.2, 0) is 17.8 Å². The molecule has 3 N–H and O–H groups in total. The molecule has 1 amide bonds. The summed E-state index contributed by atoms with van der Waals surface area (Å²) in [5, 5.41) is 9.98. The Labute approximate surface area is 203 Å². The lowest BCUT2D eigenvalue weighted by molar-refractivity contribution is -0.192. The summed E-state index contributed by atoms with van der Waals surface area (Å²) in [6.07, 6.45) is 0.135. The number of aromatic amines is 1. The van der Waals surface area contributed by atoms with Crippen molar-refractivity contribution in [3.63, 3.8) is 0 Å². The van der Waals surface area contributed by atoms with Crippen LogP contribution in [0.15, 0.2) is 53.8 Å². The van der Waals surface area contributed by atoms with Gasteiger partial charge in [0.2, 0.25) is 0 Å². The molecule has 2 aromatic heterocycles. The average molecular weight is 504 g/mol. The summed E-state index contributed by atoms with van der Waals surface area (Å²) >= 11 is 0. The monoisotopic (exact) mass is 504 g/mol. The van der Waals surface area contributed by atoms with E-state index >= 15 is 0 Å². The molecule has 0 spiro atoms. The van der Waals surface area contributed by atoms with E-state index in [0.29, 0.717) is 18.1 Å². The zero-order valence-electron chi connectivity index (χ0n) is 19.1. The van der Waals surface area contributed by atoms with Gasteiger partial charge >= 0.3 is 12.1 Å². The van der Waals surface area contributed by atoms with E-state index < -0.39 is 23.6 Å². The van der Waals surface area contributed by atoms with Crippen LogP contribution in [0.3, 0.4) is 0 Å². The number of benzene rings is 1. The number of alkyl halides is 3. The van der Waals surface area contributed by atoms with Crippen LogP contribution in [0, 0.1) is 0 Å². The van der Waals surface area contributed by atoms with E-state index in [2.05, 4.69) is 61.3 Å². The highest BCUT2D eigenvalue weighted by Gasteiger charge is 2.38. The Balaban J connectivity index is 0.000000454. The van der Waals surface area contributed by atoms with Crippen LogP contribution < -0.4 is 10.9 Å². The van der Waals surface area contributed by atoms with Crippen LogP contribution in [0.5, 0.6) is 0 Å². The summed E-state index contributed by atoms with van der Waals surface area (Å²) < 4.78 is 31.7. The summed E-state index contributed by atoms with van der Waals surface area (Å²) in [4.78, 5) is 50.7. The van der Waals surface area contributed by atoms with Gasteiger partial charge in [0.25, 0.3) is 11.5 Å². The normalized spacial score (nSPS) is 14.1. The lowest BCUT2D eigenvalue weighted by Crippen LogP contribution is -2.45. The van der Waals surface area contributed by atoms with Gasteiger partial charge in [-0.15, -0.1) is 0 Å². The number of amides is 1. The summed E-state index contributed by atoms with van der Waals surface area (Å²) in [6, 6.07) is 10.2. The van der Waals surface area contributed by atoms with Gasteiger partial charge in [-0.3, -0.25) is 14.5 Å². The van der Waals surface area contributed by atoms with E-state index in [1.165, 1.54) is 23.7 Å². The number of hydrogen-bond acceptors (Lipinski definition) is 7. The number of hydrogen-bond donors (Lipinski definition) is 3. The highest BCUT2D eigenvalue weighted by molar-refractivity contribution is 5.93. The average Bonchev–Trinajstić information content (AvgIpc) is 2.87. The predicted molar refractivity (Wildman–Crippen MR) is 122 cm³/mol. The maximum Gasteiger partial charge on any atom is 0.490 e. The molecular weight excluding hydrogens is 481 g/mol. The lowest BCUT2D eigenvalue weighted by atomic mass is 9.99. The minimum atomic E-state index is -5.08. The summed E-state index contributed by atoms with van der Waals surface area (Å²) in [5.41, 5.74) is 2.70. The number of carboxylic acid groups (broad SMARTS) is 1. The molecule has 10 nitrogen and oxygen atoms in total. The first-order valence-electron chi connectivity index (χ1n) is 10.8. The minimum Gasteiger partial charge on any atom is -0.475 e. The number of halogens is 3. The molecule has 4 rings (SSSR count). The fourth-order valence-corrected chi connectivity index (χ4v) is 3.48. The molecule has 0 saturated heterocycles. The Bertz CT molecular complexity index is 1270. The molecule has 1 atom stereocenters. The second-order valence-electron chi connectivity index (χ2n) is 7.92. The number of nitrogens with one attached hydrogen (secondary N) is 2. The van der Waals surface area contributed by atoms with Gasteiger partial charge in [0, 0.05) is 38.1 Å². The quantitative estimate of drug-likeness (QED) is 0.479. The fraction of sp³-hybridized carbons (Fsp3) is 0.304. The number of carbonyl (C=O) groups is 2. The van der Waals surface area contributed by atoms with Crippen molar-refractivity contribution in [1.82, 2.24) is 30.2 Å². The van der Waals surface area contributed by atoms with Crippen molar-refractivity contribution in [3.8, 4) is 11.5 Å². The molecule has 190 valence electrons. The van der Waals surface area contributed by atoms with Crippen LogP contribution in [0.4, 0.5) is 13.2 Å². The fourth-order valence-electron chi connectivity index (χ4n) is 3.48.